The van der Waals surface area contributed by atoms with Crippen molar-refractivity contribution in [3.05, 3.63) is 35.4 Å². The molecular formula is C20H22F3N3O. The maximum absolute atomic E-state index is 13.7. The summed E-state index contributed by atoms with van der Waals surface area (Å²) in [5, 5.41) is 5.63. The van der Waals surface area contributed by atoms with Gasteiger partial charge in [0.15, 0.2) is 0 Å². The predicted octanol–water partition coefficient (Wildman–Crippen LogP) is 3.44. The Balaban J connectivity index is 1.25. The molecule has 1 unspecified atom stereocenters. The second-order valence-corrected chi connectivity index (χ2v) is 9.27. The van der Waals surface area contributed by atoms with Crippen molar-refractivity contribution < 1.29 is 18.0 Å². The average molecular weight is 377 g/mol. The zero-order valence-electron chi connectivity index (χ0n) is 15.2. The highest BCUT2D eigenvalue weighted by molar-refractivity contribution is 5.88. The first kappa shape index (κ1) is 17.2. The molecule has 2 heterocycles. The highest BCUT2D eigenvalue weighted by atomic mass is 19.1. The molecule has 0 aromatic heterocycles. The SMILES string of the molecule is CC1(F)CN(CC23CC(C(=O)N4N=CCC4c4cc(F)cc(F)c4)(C2)C3)C1. The zero-order valence-corrected chi connectivity index (χ0v) is 15.2. The van der Waals surface area contributed by atoms with Gasteiger partial charge < -0.3 is 0 Å². The van der Waals surface area contributed by atoms with Gasteiger partial charge in [0.2, 0.25) is 5.91 Å². The lowest BCUT2D eigenvalue weighted by atomic mass is 9.34. The quantitative estimate of drug-likeness (QED) is 0.806. The lowest BCUT2D eigenvalue weighted by Gasteiger charge is -2.71. The fourth-order valence-electron chi connectivity index (χ4n) is 5.76. The number of halogens is 3. The molecule has 1 aromatic carbocycles. The van der Waals surface area contributed by atoms with Crippen LogP contribution in [0.5, 0.6) is 0 Å². The Labute approximate surface area is 156 Å². The number of rotatable bonds is 4. The number of alkyl halides is 1. The van der Waals surface area contributed by atoms with Crippen molar-refractivity contribution in [1.82, 2.24) is 9.91 Å². The van der Waals surface area contributed by atoms with Gasteiger partial charge in [0.05, 0.1) is 11.5 Å². The molecule has 6 rings (SSSR count). The molecule has 1 saturated heterocycles. The van der Waals surface area contributed by atoms with Gasteiger partial charge in [0.1, 0.15) is 17.3 Å². The number of carbonyl (C=O) groups is 1. The Morgan fingerprint density at radius 1 is 1.19 bits per heavy atom. The molecule has 4 fully saturated rings. The maximum atomic E-state index is 13.7. The number of likely N-dealkylation sites (tertiary alicyclic amines) is 1. The van der Waals surface area contributed by atoms with Gasteiger partial charge >= 0.3 is 0 Å². The number of hydrogen-bond acceptors (Lipinski definition) is 3. The summed E-state index contributed by atoms with van der Waals surface area (Å²) < 4.78 is 40.8. The minimum Gasteiger partial charge on any atom is -0.296 e. The minimum absolute atomic E-state index is 0.0493. The van der Waals surface area contributed by atoms with Gasteiger partial charge in [-0.15, -0.1) is 0 Å². The van der Waals surface area contributed by atoms with Crippen molar-refractivity contribution in [1.29, 1.82) is 0 Å². The molecule has 2 bridgehead atoms. The van der Waals surface area contributed by atoms with E-state index >= 15 is 0 Å². The summed E-state index contributed by atoms with van der Waals surface area (Å²) in [6.07, 6.45) is 4.49. The molecule has 2 aliphatic heterocycles. The highest BCUT2D eigenvalue weighted by Gasteiger charge is 2.73. The Hall–Kier alpha value is -1.89. The van der Waals surface area contributed by atoms with Gasteiger partial charge in [0, 0.05) is 38.3 Å². The second-order valence-electron chi connectivity index (χ2n) is 9.27. The van der Waals surface area contributed by atoms with Gasteiger partial charge in [0.25, 0.3) is 0 Å². The van der Waals surface area contributed by atoms with Crippen LogP contribution >= 0.6 is 0 Å². The average Bonchev–Trinajstić information content (AvgIpc) is 2.95. The lowest BCUT2D eigenvalue weighted by Crippen LogP contribution is -2.72. The van der Waals surface area contributed by atoms with Crippen molar-refractivity contribution in [2.75, 3.05) is 19.6 Å². The van der Waals surface area contributed by atoms with E-state index in [1.165, 1.54) is 17.1 Å². The number of benzene rings is 1. The van der Waals surface area contributed by atoms with E-state index in [0.717, 1.165) is 31.9 Å². The summed E-state index contributed by atoms with van der Waals surface area (Å²) in [7, 11) is 0. The summed E-state index contributed by atoms with van der Waals surface area (Å²) >= 11 is 0. The molecule has 144 valence electrons. The van der Waals surface area contributed by atoms with Crippen LogP contribution < -0.4 is 0 Å². The summed E-state index contributed by atoms with van der Waals surface area (Å²) in [4.78, 5) is 15.2. The number of hydrogen-bond donors (Lipinski definition) is 0. The summed E-state index contributed by atoms with van der Waals surface area (Å²) in [5.41, 5.74) is -0.900. The Bertz CT molecular complexity index is 805. The number of carbonyl (C=O) groups excluding carboxylic acids is 1. The van der Waals surface area contributed by atoms with Crippen molar-refractivity contribution in [3.63, 3.8) is 0 Å². The van der Waals surface area contributed by atoms with Gasteiger partial charge in [-0.25, -0.2) is 18.2 Å². The lowest BCUT2D eigenvalue weighted by molar-refractivity contribution is -0.231. The zero-order chi connectivity index (χ0) is 19.0. The molecule has 3 saturated carbocycles. The first-order chi connectivity index (χ1) is 12.7. The largest absolute Gasteiger partial charge is 0.296 e. The molecule has 7 heteroatoms. The van der Waals surface area contributed by atoms with Crippen LogP contribution in [0, 0.1) is 22.5 Å². The second kappa shape index (κ2) is 5.34. The van der Waals surface area contributed by atoms with Crippen LogP contribution in [0.4, 0.5) is 13.2 Å². The Kier molecular flexibility index (Phi) is 3.41. The molecule has 5 aliphatic rings. The smallest absolute Gasteiger partial charge is 0.249 e. The Morgan fingerprint density at radius 3 is 2.41 bits per heavy atom. The topological polar surface area (TPSA) is 35.9 Å². The minimum atomic E-state index is -1.07. The van der Waals surface area contributed by atoms with Crippen LogP contribution in [0.1, 0.15) is 44.2 Å². The molecule has 1 amide bonds. The number of amides is 1. The summed E-state index contributed by atoms with van der Waals surface area (Å²) in [6.45, 7) is 3.42. The highest BCUT2D eigenvalue weighted by Crippen LogP contribution is 2.74. The third-order valence-electron chi connectivity index (χ3n) is 6.57. The van der Waals surface area contributed by atoms with Crippen LogP contribution in [0.25, 0.3) is 0 Å². The molecule has 0 N–H and O–H groups in total. The van der Waals surface area contributed by atoms with E-state index < -0.39 is 28.8 Å². The van der Waals surface area contributed by atoms with Crippen LogP contribution in [0.3, 0.4) is 0 Å². The fourth-order valence-corrected chi connectivity index (χ4v) is 5.76. The monoisotopic (exact) mass is 377 g/mol. The van der Waals surface area contributed by atoms with E-state index in [-0.39, 0.29) is 11.3 Å². The first-order valence-electron chi connectivity index (χ1n) is 9.43. The van der Waals surface area contributed by atoms with Crippen LogP contribution in [0.2, 0.25) is 0 Å². The van der Waals surface area contributed by atoms with E-state index in [1.807, 2.05) is 0 Å². The van der Waals surface area contributed by atoms with E-state index in [1.54, 1.807) is 13.1 Å². The van der Waals surface area contributed by atoms with Crippen molar-refractivity contribution >= 4 is 12.1 Å². The normalized spacial score (nSPS) is 36.1. The van der Waals surface area contributed by atoms with Gasteiger partial charge in [-0.05, 0) is 49.3 Å². The molecule has 4 nitrogen and oxygen atoms in total. The summed E-state index contributed by atoms with van der Waals surface area (Å²) in [5.74, 6) is -1.35. The third kappa shape index (κ3) is 2.62. The molecule has 27 heavy (non-hydrogen) atoms. The van der Waals surface area contributed by atoms with E-state index in [9.17, 15) is 18.0 Å². The van der Waals surface area contributed by atoms with Gasteiger partial charge in [-0.2, -0.15) is 5.10 Å². The van der Waals surface area contributed by atoms with Gasteiger partial charge in [-0.3, -0.25) is 9.69 Å². The first-order valence-corrected chi connectivity index (χ1v) is 9.43. The van der Waals surface area contributed by atoms with Crippen molar-refractivity contribution in [3.8, 4) is 0 Å². The number of hydrazone groups is 1. The van der Waals surface area contributed by atoms with E-state index in [0.29, 0.717) is 25.1 Å². The van der Waals surface area contributed by atoms with Crippen LogP contribution in [-0.2, 0) is 4.79 Å². The standard InChI is InChI=1S/C20H22F3N3O/c1-18(23)10-25(11-18)12-19-7-20(8-19,9-19)17(27)26-16(2-3-24-26)13-4-14(21)6-15(22)5-13/h3-6,16H,2,7-12H2,1H3. The Morgan fingerprint density at radius 2 is 1.81 bits per heavy atom. The molecule has 0 radical (unpaired) electrons. The molecule has 1 aromatic rings. The van der Waals surface area contributed by atoms with Crippen molar-refractivity contribution in [2.24, 2.45) is 15.9 Å². The summed E-state index contributed by atoms with van der Waals surface area (Å²) in [6, 6.07) is 2.91. The molecule has 3 aliphatic carbocycles. The van der Waals surface area contributed by atoms with Crippen LogP contribution in [-0.4, -0.2) is 47.3 Å². The molecular weight excluding hydrogens is 355 g/mol. The molecule has 0 spiro atoms. The fraction of sp³-hybridized carbons (Fsp3) is 0.600. The van der Waals surface area contributed by atoms with E-state index in [4.69, 9.17) is 0 Å². The number of nitrogens with zero attached hydrogens (tertiary/aromatic N) is 3. The van der Waals surface area contributed by atoms with Crippen molar-refractivity contribution in [2.45, 2.75) is 44.3 Å². The molecule has 1 atom stereocenters. The maximum Gasteiger partial charge on any atom is 0.249 e. The van der Waals surface area contributed by atoms with Gasteiger partial charge in [-0.1, -0.05) is 0 Å². The van der Waals surface area contributed by atoms with E-state index in [2.05, 4.69) is 10.0 Å². The predicted molar refractivity (Wildman–Crippen MR) is 93.7 cm³/mol. The van der Waals surface area contributed by atoms with Crippen LogP contribution in [0.15, 0.2) is 23.3 Å². The third-order valence-corrected chi connectivity index (χ3v) is 6.57.